The molecule has 0 saturated carbocycles. The van der Waals surface area contributed by atoms with E-state index in [0.717, 1.165) is 10.2 Å². The van der Waals surface area contributed by atoms with Crippen LogP contribution in [0.3, 0.4) is 0 Å². The van der Waals surface area contributed by atoms with Crippen LogP contribution in [0.1, 0.15) is 16.1 Å². The van der Waals surface area contributed by atoms with E-state index in [1.54, 1.807) is 16.8 Å². The summed E-state index contributed by atoms with van der Waals surface area (Å²) < 4.78 is 2.42. The molecule has 3 heterocycles. The Labute approximate surface area is 123 Å². The third-order valence-electron chi connectivity index (χ3n) is 2.74. The molecule has 0 saturated heterocycles. The van der Waals surface area contributed by atoms with Crippen LogP contribution in [0.4, 0.5) is 5.95 Å². The van der Waals surface area contributed by atoms with Gasteiger partial charge in [0.2, 0.25) is 5.95 Å². The molecular weight excluding hydrogens is 322 g/mol. The fraction of sp³-hybridized carbons (Fsp3) is 0.0769. The minimum Gasteiger partial charge on any atom is -0.289 e. The van der Waals surface area contributed by atoms with Crippen LogP contribution in [0.15, 0.2) is 41.1 Å². The first kappa shape index (κ1) is 12.7. The Hall–Kier alpha value is -2.28. The SMILES string of the molecule is Cc1cccc2nc(NC(=O)c3cncc(Br)c3)nn12. The third-order valence-corrected chi connectivity index (χ3v) is 3.18. The smallest absolute Gasteiger partial charge is 0.259 e. The van der Waals surface area contributed by atoms with E-state index in [1.165, 1.54) is 6.20 Å². The summed E-state index contributed by atoms with van der Waals surface area (Å²) >= 11 is 3.28. The predicted octanol–water partition coefficient (Wildman–Crippen LogP) is 2.45. The van der Waals surface area contributed by atoms with E-state index >= 15 is 0 Å². The van der Waals surface area contributed by atoms with Crippen LogP contribution in [0, 0.1) is 6.92 Å². The van der Waals surface area contributed by atoms with Gasteiger partial charge in [-0.2, -0.15) is 4.98 Å². The molecule has 0 aliphatic rings. The van der Waals surface area contributed by atoms with Crippen molar-refractivity contribution in [3.63, 3.8) is 0 Å². The Kier molecular flexibility index (Phi) is 3.19. The summed E-state index contributed by atoms with van der Waals surface area (Å²) in [6.07, 6.45) is 3.10. The largest absolute Gasteiger partial charge is 0.289 e. The minimum atomic E-state index is -0.299. The minimum absolute atomic E-state index is 0.268. The first-order chi connectivity index (χ1) is 9.63. The van der Waals surface area contributed by atoms with Gasteiger partial charge in [-0.1, -0.05) is 6.07 Å². The van der Waals surface area contributed by atoms with Crippen LogP contribution < -0.4 is 5.32 Å². The molecule has 3 aromatic rings. The number of hydrogen-bond donors (Lipinski definition) is 1. The van der Waals surface area contributed by atoms with Gasteiger partial charge in [0.1, 0.15) is 0 Å². The predicted molar refractivity (Wildman–Crippen MR) is 77.6 cm³/mol. The van der Waals surface area contributed by atoms with Crippen molar-refractivity contribution < 1.29 is 4.79 Å². The lowest BCUT2D eigenvalue weighted by molar-refractivity contribution is 0.102. The van der Waals surface area contributed by atoms with E-state index in [4.69, 9.17) is 0 Å². The van der Waals surface area contributed by atoms with E-state index in [2.05, 4.69) is 36.3 Å². The molecule has 1 amide bonds. The fourth-order valence-electron chi connectivity index (χ4n) is 1.80. The van der Waals surface area contributed by atoms with Crippen molar-refractivity contribution >= 4 is 33.4 Å². The molecule has 0 spiro atoms. The van der Waals surface area contributed by atoms with Gasteiger partial charge in [0.25, 0.3) is 5.91 Å². The molecule has 0 atom stereocenters. The molecule has 6 nitrogen and oxygen atoms in total. The van der Waals surface area contributed by atoms with Crippen molar-refractivity contribution in [1.82, 2.24) is 19.6 Å². The second-order valence-corrected chi connectivity index (χ2v) is 5.13. The molecule has 7 heteroatoms. The van der Waals surface area contributed by atoms with Gasteiger partial charge in [0.15, 0.2) is 5.65 Å². The van der Waals surface area contributed by atoms with Crippen molar-refractivity contribution in [2.24, 2.45) is 0 Å². The molecular formula is C13H10BrN5O. The highest BCUT2D eigenvalue weighted by atomic mass is 79.9. The maximum atomic E-state index is 12.1. The lowest BCUT2D eigenvalue weighted by Gasteiger charge is -2.00. The van der Waals surface area contributed by atoms with Crippen LogP contribution in [0.2, 0.25) is 0 Å². The second kappa shape index (κ2) is 5.01. The number of carbonyl (C=O) groups excluding carboxylic acids is 1. The molecule has 0 fully saturated rings. The van der Waals surface area contributed by atoms with Crippen LogP contribution in [0.5, 0.6) is 0 Å². The number of carbonyl (C=O) groups is 1. The summed E-state index contributed by atoms with van der Waals surface area (Å²) in [7, 11) is 0. The van der Waals surface area contributed by atoms with Gasteiger partial charge >= 0.3 is 0 Å². The van der Waals surface area contributed by atoms with E-state index in [-0.39, 0.29) is 11.9 Å². The number of anilines is 1. The Morgan fingerprint density at radius 1 is 1.35 bits per heavy atom. The maximum absolute atomic E-state index is 12.1. The molecule has 3 rings (SSSR count). The normalized spacial score (nSPS) is 10.7. The molecule has 0 radical (unpaired) electrons. The lowest BCUT2D eigenvalue weighted by atomic mass is 10.3. The summed E-state index contributed by atoms with van der Waals surface area (Å²) in [4.78, 5) is 20.3. The highest BCUT2D eigenvalue weighted by Gasteiger charge is 2.11. The van der Waals surface area contributed by atoms with Gasteiger partial charge in [-0.15, -0.1) is 5.10 Å². The van der Waals surface area contributed by atoms with E-state index in [1.807, 2.05) is 25.1 Å². The van der Waals surface area contributed by atoms with Gasteiger partial charge in [0, 0.05) is 22.6 Å². The van der Waals surface area contributed by atoms with Crippen LogP contribution in [-0.4, -0.2) is 25.5 Å². The molecule has 0 unspecified atom stereocenters. The number of rotatable bonds is 2. The number of nitrogens with zero attached hydrogens (tertiary/aromatic N) is 4. The van der Waals surface area contributed by atoms with Crippen molar-refractivity contribution in [1.29, 1.82) is 0 Å². The van der Waals surface area contributed by atoms with Gasteiger partial charge in [-0.05, 0) is 41.1 Å². The van der Waals surface area contributed by atoms with Crippen LogP contribution in [-0.2, 0) is 0 Å². The monoisotopic (exact) mass is 331 g/mol. The second-order valence-electron chi connectivity index (χ2n) is 4.22. The van der Waals surface area contributed by atoms with Crippen molar-refractivity contribution in [2.75, 3.05) is 5.32 Å². The van der Waals surface area contributed by atoms with E-state index in [9.17, 15) is 4.79 Å². The van der Waals surface area contributed by atoms with Crippen molar-refractivity contribution in [3.05, 3.63) is 52.4 Å². The fourth-order valence-corrected chi connectivity index (χ4v) is 2.16. The summed E-state index contributed by atoms with van der Waals surface area (Å²) in [6.45, 7) is 1.92. The topological polar surface area (TPSA) is 72.2 Å². The number of pyridine rings is 2. The standard InChI is InChI=1S/C13H10BrN5O/c1-8-3-2-4-11-16-13(18-19(8)11)17-12(20)9-5-10(14)7-15-6-9/h2-7H,1H3,(H,17,18,20). The molecule has 0 aliphatic heterocycles. The number of hydrogen-bond acceptors (Lipinski definition) is 4. The first-order valence-electron chi connectivity index (χ1n) is 5.88. The third kappa shape index (κ3) is 2.39. The quantitative estimate of drug-likeness (QED) is 0.782. The molecule has 100 valence electrons. The molecule has 0 bridgehead atoms. The maximum Gasteiger partial charge on any atom is 0.259 e. The van der Waals surface area contributed by atoms with Gasteiger partial charge in [0.05, 0.1) is 5.56 Å². The van der Waals surface area contributed by atoms with Gasteiger partial charge < -0.3 is 0 Å². The van der Waals surface area contributed by atoms with Crippen LogP contribution in [0.25, 0.3) is 5.65 Å². The van der Waals surface area contributed by atoms with Crippen molar-refractivity contribution in [3.8, 4) is 0 Å². The van der Waals surface area contributed by atoms with E-state index in [0.29, 0.717) is 11.2 Å². The highest BCUT2D eigenvalue weighted by Crippen LogP contribution is 2.12. The van der Waals surface area contributed by atoms with Crippen molar-refractivity contribution in [2.45, 2.75) is 6.92 Å². The lowest BCUT2D eigenvalue weighted by Crippen LogP contribution is -2.13. The zero-order valence-corrected chi connectivity index (χ0v) is 12.1. The Bertz CT molecular complexity index is 798. The zero-order valence-electron chi connectivity index (χ0n) is 10.5. The number of fused-ring (bicyclic) bond motifs is 1. The Morgan fingerprint density at radius 2 is 2.20 bits per heavy atom. The summed E-state index contributed by atoms with van der Waals surface area (Å²) in [5, 5.41) is 6.90. The van der Waals surface area contributed by atoms with E-state index < -0.39 is 0 Å². The zero-order chi connectivity index (χ0) is 14.1. The average molecular weight is 332 g/mol. The first-order valence-corrected chi connectivity index (χ1v) is 6.67. The average Bonchev–Trinajstić information content (AvgIpc) is 2.83. The number of nitrogens with one attached hydrogen (secondary N) is 1. The molecule has 20 heavy (non-hydrogen) atoms. The summed E-state index contributed by atoms with van der Waals surface area (Å²) in [6, 6.07) is 7.33. The Balaban J connectivity index is 1.89. The van der Waals surface area contributed by atoms with Crippen LogP contribution >= 0.6 is 15.9 Å². The molecule has 0 aromatic carbocycles. The number of halogens is 1. The number of amides is 1. The molecule has 1 N–H and O–H groups in total. The summed E-state index contributed by atoms with van der Waals surface area (Å²) in [5.74, 6) is -0.0309. The highest BCUT2D eigenvalue weighted by molar-refractivity contribution is 9.10. The molecule has 0 aliphatic carbocycles. The Morgan fingerprint density at radius 3 is 2.95 bits per heavy atom. The number of aryl methyl sites for hydroxylation is 1. The van der Waals surface area contributed by atoms with Gasteiger partial charge in [-0.3, -0.25) is 15.1 Å². The summed E-state index contributed by atoms with van der Waals surface area (Å²) in [5.41, 5.74) is 2.07. The molecule has 3 aromatic heterocycles. The van der Waals surface area contributed by atoms with Gasteiger partial charge in [-0.25, -0.2) is 4.52 Å². The number of aromatic nitrogens is 4.